The summed E-state index contributed by atoms with van der Waals surface area (Å²) in [5, 5.41) is 3.36. The van der Waals surface area contributed by atoms with E-state index >= 15 is 0 Å². The van der Waals surface area contributed by atoms with Crippen molar-refractivity contribution in [2.45, 2.75) is 77.8 Å². The Balaban J connectivity index is 2.03. The molecular weight excluding hydrogens is 764 g/mol. The van der Waals surface area contributed by atoms with Crippen LogP contribution in [-0.4, -0.2) is 114 Å². The number of benzene rings is 2. The molecule has 5 atom stereocenters. The zero-order chi connectivity index (χ0) is 41.4. The Labute approximate surface area is 323 Å². The van der Waals surface area contributed by atoms with Gasteiger partial charge in [-0.05, 0) is 61.9 Å². The van der Waals surface area contributed by atoms with Crippen LogP contribution < -0.4 is 13.1 Å². The van der Waals surface area contributed by atoms with Crippen LogP contribution in [0, 0.1) is 0 Å². The maximum Gasteiger partial charge on any atom is 0.501 e. The van der Waals surface area contributed by atoms with Crippen molar-refractivity contribution < 1.29 is 73.9 Å². The molecule has 0 radical (unpaired) electrons. The molecule has 2 aromatic carbocycles. The minimum atomic E-state index is -4.94. The van der Waals surface area contributed by atoms with Crippen molar-refractivity contribution in [1.82, 2.24) is 4.90 Å². The van der Waals surface area contributed by atoms with E-state index in [-0.39, 0.29) is 43.9 Å². The third-order valence-corrected chi connectivity index (χ3v) is 8.14. The lowest BCUT2D eigenvalue weighted by molar-refractivity contribution is -0.288. The molecule has 2 aromatic rings. The van der Waals surface area contributed by atoms with Gasteiger partial charge in [0.2, 0.25) is 12.4 Å². The van der Waals surface area contributed by atoms with Crippen LogP contribution in [0.15, 0.2) is 47.6 Å². The lowest BCUT2D eigenvalue weighted by atomic mass is 9.98. The number of azide groups is 1. The van der Waals surface area contributed by atoms with Gasteiger partial charge in [-0.2, -0.15) is 0 Å². The lowest BCUT2D eigenvalue weighted by Gasteiger charge is -2.43. The first kappa shape index (κ1) is 44.9. The Morgan fingerprint density at radius 3 is 2.07 bits per heavy atom. The summed E-state index contributed by atoms with van der Waals surface area (Å²) < 4.78 is 75.9. The molecule has 0 amide bonds. The molecule has 20 nitrogen and oxygen atoms in total. The first-order chi connectivity index (χ1) is 26.5. The molecule has 1 saturated heterocycles. The summed E-state index contributed by atoms with van der Waals surface area (Å²) in [5.41, 5.74) is 9.24. The van der Waals surface area contributed by atoms with E-state index < -0.39 is 88.9 Å². The molecule has 0 aromatic heterocycles. The Kier molecular flexibility index (Phi) is 17.3. The molecule has 1 aliphatic rings. The molecule has 3 rings (SSSR count). The first-order valence-electron chi connectivity index (χ1n) is 17.1. The van der Waals surface area contributed by atoms with Crippen molar-refractivity contribution in [2.24, 2.45) is 5.11 Å². The normalized spacial score (nSPS) is 19.2. The van der Waals surface area contributed by atoms with Crippen LogP contribution >= 0.6 is 0 Å². The van der Waals surface area contributed by atoms with Gasteiger partial charge in [-0.15, -0.1) is 8.42 Å². The molecule has 306 valence electrons. The molecular formula is C35H44N4O16S. The van der Waals surface area contributed by atoms with E-state index in [0.29, 0.717) is 6.54 Å². The molecule has 1 heterocycles. The van der Waals surface area contributed by atoms with Gasteiger partial charge in [0.25, 0.3) is 0 Å². The third-order valence-electron chi connectivity index (χ3n) is 7.36. The minimum absolute atomic E-state index is 0.00814. The van der Waals surface area contributed by atoms with Gasteiger partial charge >= 0.3 is 34.3 Å². The molecule has 1 unspecified atom stereocenters. The van der Waals surface area contributed by atoms with Crippen LogP contribution in [0.2, 0.25) is 0 Å². The van der Waals surface area contributed by atoms with Gasteiger partial charge in [-0.1, -0.05) is 17.2 Å². The van der Waals surface area contributed by atoms with Gasteiger partial charge < -0.3 is 46.4 Å². The van der Waals surface area contributed by atoms with Crippen molar-refractivity contribution in [2.75, 3.05) is 40.5 Å². The highest BCUT2D eigenvalue weighted by atomic mass is 32.3. The van der Waals surface area contributed by atoms with Gasteiger partial charge in [0.1, 0.15) is 18.5 Å². The van der Waals surface area contributed by atoms with Crippen molar-refractivity contribution in [3.63, 3.8) is 0 Å². The highest BCUT2D eigenvalue weighted by Crippen LogP contribution is 2.36. The number of carbonyl (C=O) groups is 5. The van der Waals surface area contributed by atoms with Gasteiger partial charge in [0.15, 0.2) is 29.5 Å². The van der Waals surface area contributed by atoms with E-state index in [0.717, 1.165) is 39.3 Å². The van der Waals surface area contributed by atoms with E-state index in [1.165, 1.54) is 24.3 Å². The standard InChI is InChI=1S/C35H44N4O16S/c1-21(40)48-20-31-32(49-22(2)41)33(50-23(3)42)34(51-24(4)43)35(53-31)52-29-14-11-26(28(44)8-7-16-47-17-15-37-38-36)18-30(29)55-56(45,46)54-27-12-9-25(10-13-27)19-39(5)6/h9-14,18,31-35H,7-8,15-17,19-20H2,1-6H3/t31-,32+,33+,34-,35?/m1/s1. The Hall–Kier alpha value is -5.47. The molecule has 56 heavy (non-hydrogen) atoms. The van der Waals surface area contributed by atoms with Crippen molar-refractivity contribution in [3.05, 3.63) is 64.0 Å². The average molecular weight is 809 g/mol. The molecule has 0 bridgehead atoms. The SMILES string of the molecule is CC(=O)OC[C@H]1OC(Oc2ccc(C(=O)CCCOCCN=[N+]=[N-])cc2OS(=O)(=O)Oc2ccc(CN(C)C)cc2)[C@H](OC(C)=O)[C@@H](OC(C)=O)[C@H]1OC(C)=O. The molecule has 21 heteroatoms. The van der Waals surface area contributed by atoms with Crippen LogP contribution in [0.3, 0.4) is 0 Å². The zero-order valence-corrected chi connectivity index (χ0v) is 32.4. The van der Waals surface area contributed by atoms with E-state index in [4.69, 9.17) is 47.1 Å². The Bertz CT molecular complexity index is 1850. The fraction of sp³-hybridized carbons (Fsp3) is 0.514. The van der Waals surface area contributed by atoms with Crippen LogP contribution in [0.5, 0.6) is 17.2 Å². The summed E-state index contributed by atoms with van der Waals surface area (Å²) in [5.74, 6) is -4.89. The predicted octanol–water partition coefficient (Wildman–Crippen LogP) is 3.20. The quantitative estimate of drug-likeness (QED) is 0.0334. The number of ether oxygens (including phenoxy) is 7. The smallest absolute Gasteiger partial charge is 0.463 e. The second kappa shape index (κ2) is 21.6. The van der Waals surface area contributed by atoms with E-state index in [9.17, 15) is 32.4 Å². The molecule has 1 aliphatic heterocycles. The zero-order valence-electron chi connectivity index (χ0n) is 31.6. The van der Waals surface area contributed by atoms with Gasteiger partial charge in [-0.25, -0.2) is 0 Å². The monoisotopic (exact) mass is 808 g/mol. The van der Waals surface area contributed by atoms with Crippen LogP contribution in [0.4, 0.5) is 0 Å². The molecule has 0 aliphatic carbocycles. The summed E-state index contributed by atoms with van der Waals surface area (Å²) >= 11 is 0. The van der Waals surface area contributed by atoms with Crippen molar-refractivity contribution in [3.8, 4) is 17.2 Å². The number of nitrogens with zero attached hydrogens (tertiary/aromatic N) is 4. The topological polar surface area (TPSA) is 255 Å². The maximum atomic E-state index is 13.3. The molecule has 0 saturated carbocycles. The first-order valence-corrected chi connectivity index (χ1v) is 18.4. The third kappa shape index (κ3) is 15.0. The highest BCUT2D eigenvalue weighted by molar-refractivity contribution is 7.82. The minimum Gasteiger partial charge on any atom is -0.463 e. The summed E-state index contributed by atoms with van der Waals surface area (Å²) in [6.45, 7) is 4.69. The van der Waals surface area contributed by atoms with Gasteiger partial charge in [-0.3, -0.25) is 24.0 Å². The maximum absolute atomic E-state index is 13.3. The van der Waals surface area contributed by atoms with E-state index in [2.05, 4.69) is 10.0 Å². The fourth-order valence-electron chi connectivity index (χ4n) is 5.24. The lowest BCUT2D eigenvalue weighted by Crippen LogP contribution is -2.63. The Morgan fingerprint density at radius 2 is 1.46 bits per heavy atom. The number of hydrogen-bond donors (Lipinski definition) is 0. The fourth-order valence-corrected chi connectivity index (χ4v) is 5.98. The van der Waals surface area contributed by atoms with Crippen molar-refractivity contribution >= 4 is 40.1 Å². The molecule has 1 fully saturated rings. The summed E-state index contributed by atoms with van der Waals surface area (Å²) in [4.78, 5) is 66.2. The van der Waals surface area contributed by atoms with E-state index in [1.54, 1.807) is 12.1 Å². The van der Waals surface area contributed by atoms with Gasteiger partial charge in [0, 0.05) is 64.3 Å². The molecule has 0 N–H and O–H groups in total. The predicted molar refractivity (Wildman–Crippen MR) is 191 cm³/mol. The summed E-state index contributed by atoms with van der Waals surface area (Å²) in [6, 6.07) is 9.71. The number of Topliss-reactive ketones (excluding diaryl/α,β-unsaturated/α-hetero) is 1. The highest BCUT2D eigenvalue weighted by Gasteiger charge is 2.53. The number of hydrogen-bond acceptors (Lipinski definition) is 18. The number of ketones is 1. The summed E-state index contributed by atoms with van der Waals surface area (Å²) in [7, 11) is -1.21. The van der Waals surface area contributed by atoms with Gasteiger partial charge in [0.05, 0.1) is 6.61 Å². The second-order valence-corrected chi connectivity index (χ2v) is 13.5. The summed E-state index contributed by atoms with van der Waals surface area (Å²) in [6.07, 6.45) is -7.68. The number of esters is 4. The van der Waals surface area contributed by atoms with E-state index in [1.807, 2.05) is 19.0 Å². The van der Waals surface area contributed by atoms with Crippen LogP contribution in [0.1, 0.15) is 56.5 Å². The van der Waals surface area contributed by atoms with Crippen LogP contribution in [0.25, 0.3) is 10.4 Å². The Morgan fingerprint density at radius 1 is 0.821 bits per heavy atom. The second-order valence-electron chi connectivity index (χ2n) is 12.4. The average Bonchev–Trinajstić information content (AvgIpc) is 3.10. The number of rotatable bonds is 21. The largest absolute Gasteiger partial charge is 0.501 e. The van der Waals surface area contributed by atoms with Crippen molar-refractivity contribution in [1.29, 1.82) is 0 Å². The molecule has 0 spiro atoms. The number of carbonyl (C=O) groups excluding carboxylic acids is 5. The van der Waals surface area contributed by atoms with Crippen LogP contribution in [-0.2, 0) is 64.5 Å².